The quantitative estimate of drug-likeness (QED) is 0.682. The molecule has 0 fully saturated rings. The van der Waals surface area contributed by atoms with E-state index < -0.39 is 0 Å². The van der Waals surface area contributed by atoms with Crippen LogP contribution in [-0.4, -0.2) is 12.3 Å². The van der Waals surface area contributed by atoms with E-state index in [1.807, 2.05) is 6.08 Å². The normalized spacial score (nSPS) is 13.5. The molecule has 0 unspecified atom stereocenters. The first-order chi connectivity index (χ1) is 7.31. The van der Waals surface area contributed by atoms with Crippen molar-refractivity contribution in [3.05, 3.63) is 47.4 Å². The van der Waals surface area contributed by atoms with Crippen molar-refractivity contribution in [1.29, 1.82) is 0 Å². The van der Waals surface area contributed by atoms with E-state index in [0.717, 1.165) is 0 Å². The van der Waals surface area contributed by atoms with E-state index in [1.54, 1.807) is 0 Å². The van der Waals surface area contributed by atoms with Crippen LogP contribution in [0.2, 0.25) is 0 Å². The lowest BCUT2D eigenvalue weighted by molar-refractivity contribution is 1.42. The summed E-state index contributed by atoms with van der Waals surface area (Å²) in [6.07, 6.45) is 6.47. The number of hydrogen-bond donors (Lipinski definition) is 0. The molecule has 1 aromatic carbocycles. The summed E-state index contributed by atoms with van der Waals surface area (Å²) < 4.78 is 0. The molecule has 0 radical (unpaired) electrons. The second kappa shape index (κ2) is 6.58. The summed E-state index contributed by atoms with van der Waals surface area (Å²) in [5.74, 6) is 2.44. The minimum atomic E-state index is 0.0613. The van der Waals surface area contributed by atoms with Gasteiger partial charge in [0.2, 0.25) is 0 Å². The summed E-state index contributed by atoms with van der Waals surface area (Å²) in [6.45, 7) is 8.29. The Balaban J connectivity index is 3.23. The van der Waals surface area contributed by atoms with Gasteiger partial charge in [0.25, 0.3) is 0 Å². The molecule has 15 heavy (non-hydrogen) atoms. The molecule has 0 aliphatic carbocycles. The molecule has 0 aromatic heterocycles. The van der Waals surface area contributed by atoms with Gasteiger partial charge in [0.1, 0.15) is 0 Å². The molecule has 0 spiro atoms. The Labute approximate surface area is 93.8 Å². The molecular formula is C14H19P. The van der Waals surface area contributed by atoms with E-state index in [0.29, 0.717) is 0 Å². The lowest BCUT2D eigenvalue weighted by atomic mass is 10.2. The maximum Gasteiger partial charge on any atom is -0.0179 e. The molecular weight excluding hydrogens is 199 g/mol. The molecule has 0 amide bonds. The predicted octanol–water partition coefficient (Wildman–Crippen LogP) is 2.91. The monoisotopic (exact) mass is 218 g/mol. The molecule has 1 heteroatoms. The third-order valence-corrected chi connectivity index (χ3v) is 4.70. The topological polar surface area (TPSA) is 0 Å². The van der Waals surface area contributed by atoms with Crippen molar-refractivity contribution in [2.24, 2.45) is 0 Å². The molecule has 0 N–H and O–H groups in total. The van der Waals surface area contributed by atoms with E-state index >= 15 is 0 Å². The molecule has 0 atom stereocenters. The fourth-order valence-electron chi connectivity index (χ4n) is 1.51. The van der Waals surface area contributed by atoms with Crippen molar-refractivity contribution >= 4 is 19.8 Å². The van der Waals surface area contributed by atoms with Crippen LogP contribution in [0, 0.1) is 0 Å². The first-order valence-corrected chi connectivity index (χ1v) is 7.23. The summed E-state index contributed by atoms with van der Waals surface area (Å²) >= 11 is 0. The van der Waals surface area contributed by atoms with Gasteiger partial charge in [0, 0.05) is 0 Å². The van der Waals surface area contributed by atoms with Crippen molar-refractivity contribution in [1.82, 2.24) is 0 Å². The molecule has 1 aromatic rings. The summed E-state index contributed by atoms with van der Waals surface area (Å²) in [5, 5.41) is 2.63. The van der Waals surface area contributed by atoms with E-state index in [9.17, 15) is 0 Å². The molecule has 0 nitrogen and oxygen atoms in total. The van der Waals surface area contributed by atoms with Gasteiger partial charge in [-0.2, -0.15) is 0 Å². The van der Waals surface area contributed by atoms with Crippen molar-refractivity contribution in [2.45, 2.75) is 13.8 Å². The molecule has 0 saturated heterocycles. The fraction of sp³-hybridized carbons (Fsp3) is 0.286. The highest BCUT2D eigenvalue weighted by Crippen LogP contribution is 2.35. The average molecular weight is 218 g/mol. The first kappa shape index (κ1) is 12.2. The largest absolute Gasteiger partial charge is 0.0990 e. The predicted molar refractivity (Wildman–Crippen MR) is 72.8 cm³/mol. The van der Waals surface area contributed by atoms with Crippen molar-refractivity contribution < 1.29 is 0 Å². The van der Waals surface area contributed by atoms with Crippen LogP contribution in [0.3, 0.4) is 0 Å². The molecule has 0 heterocycles. The minimum Gasteiger partial charge on any atom is -0.0990 e. The summed E-state index contributed by atoms with van der Waals surface area (Å²) in [4.78, 5) is 0. The maximum absolute atomic E-state index is 3.75. The molecule has 0 aliphatic rings. The van der Waals surface area contributed by atoms with Gasteiger partial charge >= 0.3 is 0 Å². The Morgan fingerprint density at radius 3 is 2.27 bits per heavy atom. The van der Waals surface area contributed by atoms with E-state index in [1.165, 1.54) is 22.8 Å². The lowest BCUT2D eigenvalue weighted by Gasteiger charge is -2.05. The third-order valence-electron chi connectivity index (χ3n) is 2.43. The van der Waals surface area contributed by atoms with Gasteiger partial charge in [-0.15, -0.1) is 0 Å². The smallest absolute Gasteiger partial charge is 0.0179 e. The maximum atomic E-state index is 3.75. The Kier molecular flexibility index (Phi) is 5.36. The van der Waals surface area contributed by atoms with Crippen molar-refractivity contribution in [3.63, 3.8) is 0 Å². The highest BCUT2D eigenvalue weighted by Gasteiger charge is 1.96. The third kappa shape index (κ3) is 3.64. The van der Waals surface area contributed by atoms with Crippen molar-refractivity contribution in [2.75, 3.05) is 12.3 Å². The number of hydrogen-bond acceptors (Lipinski definition) is 0. The van der Waals surface area contributed by atoms with Gasteiger partial charge in [0.15, 0.2) is 0 Å². The first-order valence-electron chi connectivity index (χ1n) is 5.45. The van der Waals surface area contributed by atoms with Gasteiger partial charge in [0.05, 0.1) is 0 Å². The number of rotatable bonds is 4. The zero-order valence-electron chi connectivity index (χ0n) is 9.61. The van der Waals surface area contributed by atoms with Gasteiger partial charge < -0.3 is 0 Å². The van der Waals surface area contributed by atoms with Gasteiger partial charge in [-0.05, 0) is 22.8 Å². The number of benzene rings is 1. The van der Waals surface area contributed by atoms with Crippen LogP contribution < -0.4 is 10.4 Å². The minimum absolute atomic E-state index is 0.0613. The Bertz CT molecular complexity index is 413. The highest BCUT2D eigenvalue weighted by atomic mass is 31.1. The van der Waals surface area contributed by atoms with Crippen LogP contribution in [0.25, 0.3) is 11.9 Å². The van der Waals surface area contributed by atoms with E-state index in [-0.39, 0.29) is 7.92 Å². The van der Waals surface area contributed by atoms with Gasteiger partial charge in [-0.25, -0.2) is 0 Å². The SMILES string of the molecule is C=C/C=c1/cccc/c1=C\P(CC)CC. The summed E-state index contributed by atoms with van der Waals surface area (Å²) in [6, 6.07) is 8.51. The molecule has 1 rings (SSSR count). The second-order valence-electron chi connectivity index (χ2n) is 3.38. The zero-order valence-corrected chi connectivity index (χ0v) is 10.5. The van der Waals surface area contributed by atoms with Crippen LogP contribution in [0.5, 0.6) is 0 Å². The number of allylic oxidation sites excluding steroid dienone is 1. The summed E-state index contributed by atoms with van der Waals surface area (Å²) in [5.41, 5.74) is 0. The van der Waals surface area contributed by atoms with Crippen LogP contribution >= 0.6 is 7.92 Å². The lowest BCUT2D eigenvalue weighted by Crippen LogP contribution is -2.23. The highest BCUT2D eigenvalue weighted by molar-refractivity contribution is 7.66. The Morgan fingerprint density at radius 2 is 1.73 bits per heavy atom. The van der Waals surface area contributed by atoms with E-state index in [2.05, 4.69) is 56.6 Å². The fourth-order valence-corrected chi connectivity index (χ4v) is 2.95. The van der Waals surface area contributed by atoms with Crippen LogP contribution in [0.1, 0.15) is 13.8 Å². The molecule has 0 aliphatic heterocycles. The van der Waals surface area contributed by atoms with Gasteiger partial charge in [-0.1, -0.05) is 70.6 Å². The standard InChI is InChI=1S/C14H19P/c1-4-9-13-10-7-8-11-14(13)12-15(5-2)6-3/h4,7-12H,1,5-6H2,2-3H3/b13-9-,14-12+. The second-order valence-corrected chi connectivity index (χ2v) is 6.08. The average Bonchev–Trinajstić information content (AvgIpc) is 2.28. The van der Waals surface area contributed by atoms with Crippen LogP contribution in [0.15, 0.2) is 36.9 Å². The van der Waals surface area contributed by atoms with Crippen LogP contribution in [-0.2, 0) is 0 Å². The molecule has 0 bridgehead atoms. The summed E-state index contributed by atoms with van der Waals surface area (Å²) in [7, 11) is 0.0613. The Hall–Kier alpha value is -0.870. The molecule has 0 saturated carbocycles. The van der Waals surface area contributed by atoms with Crippen LogP contribution in [0.4, 0.5) is 0 Å². The molecule has 80 valence electrons. The van der Waals surface area contributed by atoms with Crippen molar-refractivity contribution in [3.8, 4) is 0 Å². The van der Waals surface area contributed by atoms with Gasteiger partial charge in [-0.3, -0.25) is 0 Å². The zero-order chi connectivity index (χ0) is 11.1. The Morgan fingerprint density at radius 1 is 1.13 bits per heavy atom. The van der Waals surface area contributed by atoms with E-state index in [4.69, 9.17) is 0 Å².